The van der Waals surface area contributed by atoms with Crippen LogP contribution in [0.15, 0.2) is 18.2 Å². The third-order valence-electron chi connectivity index (χ3n) is 4.55. The molecule has 1 aromatic rings. The van der Waals surface area contributed by atoms with E-state index in [-0.39, 0.29) is 6.04 Å². The Hall–Kier alpha value is -1.02. The van der Waals surface area contributed by atoms with Gasteiger partial charge < -0.3 is 10.4 Å². The third-order valence-corrected chi connectivity index (χ3v) is 4.55. The zero-order chi connectivity index (χ0) is 13.9. The van der Waals surface area contributed by atoms with Crippen LogP contribution in [0.5, 0.6) is 5.75 Å². The first-order valence-corrected chi connectivity index (χ1v) is 7.53. The van der Waals surface area contributed by atoms with Crippen LogP contribution in [0.1, 0.15) is 63.1 Å². The van der Waals surface area contributed by atoms with Crippen LogP contribution in [0.25, 0.3) is 0 Å². The summed E-state index contributed by atoms with van der Waals surface area (Å²) in [6.45, 7) is 7.57. The van der Waals surface area contributed by atoms with Crippen molar-refractivity contribution in [2.45, 2.75) is 58.9 Å². The molecule has 106 valence electrons. The van der Waals surface area contributed by atoms with Gasteiger partial charge in [-0.3, -0.25) is 0 Å². The lowest BCUT2D eigenvalue weighted by Gasteiger charge is -2.35. The molecule has 0 radical (unpaired) electrons. The zero-order valence-electron chi connectivity index (χ0n) is 12.5. The van der Waals surface area contributed by atoms with E-state index in [1.807, 2.05) is 19.1 Å². The number of hydrogen-bond acceptors (Lipinski definition) is 2. The standard InChI is InChI=1S/C17H27NO/c1-13-7-8-15(16(19)11-13)14(2)18-12-17(3)9-5-4-6-10-17/h7-8,11,14,18-19H,4-6,9-10,12H2,1-3H3. The van der Waals surface area contributed by atoms with Gasteiger partial charge in [0.15, 0.2) is 0 Å². The van der Waals surface area contributed by atoms with Crippen LogP contribution >= 0.6 is 0 Å². The molecule has 2 nitrogen and oxygen atoms in total. The zero-order valence-corrected chi connectivity index (χ0v) is 12.5. The van der Waals surface area contributed by atoms with Gasteiger partial charge in [0.1, 0.15) is 5.75 Å². The summed E-state index contributed by atoms with van der Waals surface area (Å²) in [4.78, 5) is 0. The summed E-state index contributed by atoms with van der Waals surface area (Å²) in [5.74, 6) is 0.411. The topological polar surface area (TPSA) is 32.3 Å². The highest BCUT2D eigenvalue weighted by atomic mass is 16.3. The van der Waals surface area contributed by atoms with Gasteiger partial charge in [-0.1, -0.05) is 38.3 Å². The van der Waals surface area contributed by atoms with Gasteiger partial charge in [0.2, 0.25) is 0 Å². The number of hydrogen-bond donors (Lipinski definition) is 2. The molecule has 2 heteroatoms. The molecular weight excluding hydrogens is 234 g/mol. The van der Waals surface area contributed by atoms with E-state index >= 15 is 0 Å². The highest BCUT2D eigenvalue weighted by molar-refractivity contribution is 5.37. The Bertz CT molecular complexity index is 421. The molecule has 0 aliphatic heterocycles. The molecule has 1 aliphatic carbocycles. The molecule has 0 saturated heterocycles. The fraction of sp³-hybridized carbons (Fsp3) is 0.647. The second kappa shape index (κ2) is 5.96. The molecule has 2 rings (SSSR count). The Labute approximate surface area is 117 Å². The Morgan fingerprint density at radius 1 is 1.26 bits per heavy atom. The van der Waals surface area contributed by atoms with Crippen molar-refractivity contribution >= 4 is 0 Å². The summed E-state index contributed by atoms with van der Waals surface area (Å²) >= 11 is 0. The van der Waals surface area contributed by atoms with Crippen molar-refractivity contribution in [1.29, 1.82) is 0 Å². The highest BCUT2D eigenvalue weighted by Crippen LogP contribution is 2.36. The van der Waals surface area contributed by atoms with Gasteiger partial charge in [-0.25, -0.2) is 0 Å². The molecule has 1 aromatic carbocycles. The van der Waals surface area contributed by atoms with E-state index in [1.165, 1.54) is 32.1 Å². The molecule has 1 fully saturated rings. The monoisotopic (exact) mass is 261 g/mol. The van der Waals surface area contributed by atoms with E-state index < -0.39 is 0 Å². The van der Waals surface area contributed by atoms with Crippen molar-refractivity contribution in [1.82, 2.24) is 5.32 Å². The Kier molecular flexibility index (Phi) is 4.51. The fourth-order valence-corrected chi connectivity index (χ4v) is 3.11. The lowest BCUT2D eigenvalue weighted by Crippen LogP contribution is -2.35. The third kappa shape index (κ3) is 3.73. The lowest BCUT2D eigenvalue weighted by atomic mass is 9.75. The average molecular weight is 261 g/mol. The van der Waals surface area contributed by atoms with E-state index in [0.717, 1.165) is 17.7 Å². The maximum atomic E-state index is 10.0. The van der Waals surface area contributed by atoms with Crippen LogP contribution in [-0.4, -0.2) is 11.7 Å². The van der Waals surface area contributed by atoms with Gasteiger partial charge >= 0.3 is 0 Å². The van der Waals surface area contributed by atoms with Crippen molar-refractivity contribution in [3.05, 3.63) is 29.3 Å². The van der Waals surface area contributed by atoms with Gasteiger partial charge in [0, 0.05) is 18.2 Å². The first-order valence-electron chi connectivity index (χ1n) is 7.53. The molecule has 0 heterocycles. The van der Waals surface area contributed by atoms with E-state index in [9.17, 15) is 5.11 Å². The van der Waals surface area contributed by atoms with Crippen molar-refractivity contribution in [3.63, 3.8) is 0 Å². The summed E-state index contributed by atoms with van der Waals surface area (Å²) < 4.78 is 0. The predicted octanol–water partition coefficient (Wildman–Crippen LogP) is 4.32. The van der Waals surface area contributed by atoms with Crippen LogP contribution in [0, 0.1) is 12.3 Å². The number of nitrogens with one attached hydrogen (secondary N) is 1. The van der Waals surface area contributed by atoms with Crippen molar-refractivity contribution in [2.75, 3.05) is 6.54 Å². The normalized spacial score (nSPS) is 20.2. The van der Waals surface area contributed by atoms with E-state index in [4.69, 9.17) is 0 Å². The predicted molar refractivity (Wildman–Crippen MR) is 80.5 cm³/mol. The van der Waals surface area contributed by atoms with Gasteiger partial charge in [-0.05, 0) is 43.7 Å². The molecule has 0 spiro atoms. The van der Waals surface area contributed by atoms with Crippen molar-refractivity contribution < 1.29 is 5.11 Å². The minimum absolute atomic E-state index is 0.208. The van der Waals surface area contributed by atoms with E-state index in [0.29, 0.717) is 11.2 Å². The number of phenols is 1. The number of aryl methyl sites for hydroxylation is 1. The quantitative estimate of drug-likeness (QED) is 0.846. The summed E-state index contributed by atoms with van der Waals surface area (Å²) in [5.41, 5.74) is 2.55. The van der Waals surface area contributed by atoms with Crippen LogP contribution in [0.2, 0.25) is 0 Å². The first kappa shape index (κ1) is 14.4. The van der Waals surface area contributed by atoms with E-state index in [2.05, 4.69) is 25.2 Å². The van der Waals surface area contributed by atoms with Gasteiger partial charge in [-0.2, -0.15) is 0 Å². The molecule has 1 aliphatic rings. The largest absolute Gasteiger partial charge is 0.508 e. The van der Waals surface area contributed by atoms with Crippen LogP contribution in [0.3, 0.4) is 0 Å². The number of benzene rings is 1. The summed E-state index contributed by atoms with van der Waals surface area (Å²) in [7, 11) is 0. The van der Waals surface area contributed by atoms with Crippen LogP contribution in [0.4, 0.5) is 0 Å². The first-order chi connectivity index (χ1) is 9.00. The second-order valence-electron chi connectivity index (χ2n) is 6.54. The van der Waals surface area contributed by atoms with Crippen LogP contribution in [-0.2, 0) is 0 Å². The Morgan fingerprint density at radius 2 is 1.95 bits per heavy atom. The summed E-state index contributed by atoms with van der Waals surface area (Å²) in [5, 5.41) is 13.6. The molecule has 0 bridgehead atoms. The van der Waals surface area contributed by atoms with Crippen LogP contribution < -0.4 is 5.32 Å². The highest BCUT2D eigenvalue weighted by Gasteiger charge is 2.27. The molecule has 2 N–H and O–H groups in total. The molecule has 1 atom stereocenters. The summed E-state index contributed by atoms with van der Waals surface area (Å²) in [6.07, 6.45) is 6.77. The Balaban J connectivity index is 1.95. The average Bonchev–Trinajstić information content (AvgIpc) is 2.37. The molecular formula is C17H27NO. The Morgan fingerprint density at radius 3 is 2.58 bits per heavy atom. The number of rotatable bonds is 4. The van der Waals surface area contributed by atoms with E-state index in [1.54, 1.807) is 0 Å². The maximum absolute atomic E-state index is 10.0. The molecule has 0 amide bonds. The molecule has 19 heavy (non-hydrogen) atoms. The molecule has 1 saturated carbocycles. The van der Waals surface area contributed by atoms with Crippen molar-refractivity contribution in [3.8, 4) is 5.75 Å². The molecule has 1 unspecified atom stereocenters. The molecule has 0 aromatic heterocycles. The fourth-order valence-electron chi connectivity index (χ4n) is 3.11. The lowest BCUT2D eigenvalue weighted by molar-refractivity contribution is 0.201. The summed E-state index contributed by atoms with van der Waals surface area (Å²) in [6, 6.07) is 6.15. The van der Waals surface area contributed by atoms with Gasteiger partial charge in [0.25, 0.3) is 0 Å². The number of phenolic OH excluding ortho intramolecular Hbond substituents is 1. The van der Waals surface area contributed by atoms with Crippen molar-refractivity contribution in [2.24, 2.45) is 5.41 Å². The smallest absolute Gasteiger partial charge is 0.120 e. The minimum Gasteiger partial charge on any atom is -0.508 e. The maximum Gasteiger partial charge on any atom is 0.120 e. The van der Waals surface area contributed by atoms with Gasteiger partial charge in [-0.15, -0.1) is 0 Å². The second-order valence-corrected chi connectivity index (χ2v) is 6.54. The van der Waals surface area contributed by atoms with Gasteiger partial charge in [0.05, 0.1) is 0 Å². The SMILES string of the molecule is Cc1ccc(C(C)NCC2(C)CCCCC2)c(O)c1. The number of aromatic hydroxyl groups is 1. The minimum atomic E-state index is 0.208.